The molecule has 0 bridgehead atoms. The van der Waals surface area contributed by atoms with E-state index in [1.165, 1.54) is 33.1 Å². The molecule has 2 aliphatic heterocycles. The number of carboxylic acid groups (broad SMARTS) is 1. The van der Waals surface area contributed by atoms with Gasteiger partial charge in [-0.1, -0.05) is 42.1 Å². The van der Waals surface area contributed by atoms with E-state index in [0.717, 1.165) is 0 Å². The molecule has 2 N–H and O–H groups in total. The van der Waals surface area contributed by atoms with E-state index in [1.807, 2.05) is 0 Å². The highest BCUT2D eigenvalue weighted by molar-refractivity contribution is 8.01. The van der Waals surface area contributed by atoms with Gasteiger partial charge in [-0.15, -0.1) is 16.9 Å². The second-order valence-corrected chi connectivity index (χ2v) is 9.10. The molecular formula is C19H18N6O6S2. The molecule has 0 saturated carbocycles. The van der Waals surface area contributed by atoms with Crippen LogP contribution in [0.2, 0.25) is 0 Å². The molecule has 12 nitrogen and oxygen atoms in total. The van der Waals surface area contributed by atoms with Crippen LogP contribution in [0.25, 0.3) is 0 Å². The van der Waals surface area contributed by atoms with Gasteiger partial charge in [0.2, 0.25) is 11.3 Å². The normalized spacial score (nSPS) is 20.5. The fourth-order valence-corrected chi connectivity index (χ4v) is 5.83. The molecule has 33 heavy (non-hydrogen) atoms. The highest BCUT2D eigenvalue weighted by Gasteiger charge is 2.54. The Hall–Kier alpha value is -3.39. The van der Waals surface area contributed by atoms with Crippen LogP contribution in [-0.2, 0) is 31.0 Å². The zero-order chi connectivity index (χ0) is 23.5. The van der Waals surface area contributed by atoms with Crippen LogP contribution in [0.5, 0.6) is 0 Å². The standard InChI is InChI=1S/C19H18N6O6S2/c1-24-19(21-22-23-24)33-8-11-7-32-17-12(16(28)25(17)13(11)18(29)30)20-15(27)14(31-9-26)10-5-3-2-4-6-10/h2-6,9,12,14,17H,7-8H2,1H3,(H,20,27)(H,29,30)/t12-,14-,17+/m1/s1. The van der Waals surface area contributed by atoms with Crippen LogP contribution >= 0.6 is 23.5 Å². The second kappa shape index (κ2) is 9.62. The molecule has 0 radical (unpaired) electrons. The van der Waals surface area contributed by atoms with Crippen LogP contribution in [0.1, 0.15) is 11.7 Å². The number of hydrogen-bond donors (Lipinski definition) is 2. The van der Waals surface area contributed by atoms with Gasteiger partial charge in [0.1, 0.15) is 17.1 Å². The summed E-state index contributed by atoms with van der Waals surface area (Å²) in [6, 6.07) is 7.45. The van der Waals surface area contributed by atoms with E-state index in [9.17, 15) is 24.3 Å². The summed E-state index contributed by atoms with van der Waals surface area (Å²) in [7, 11) is 1.67. The van der Waals surface area contributed by atoms with Crippen LogP contribution in [0.4, 0.5) is 0 Å². The van der Waals surface area contributed by atoms with Gasteiger partial charge in [0.15, 0.2) is 0 Å². The largest absolute Gasteiger partial charge is 0.477 e. The van der Waals surface area contributed by atoms with E-state index in [2.05, 4.69) is 20.8 Å². The van der Waals surface area contributed by atoms with Crippen molar-refractivity contribution in [2.45, 2.75) is 22.7 Å². The van der Waals surface area contributed by atoms with Crippen LogP contribution in [-0.4, -0.2) is 77.4 Å². The zero-order valence-corrected chi connectivity index (χ0v) is 18.8. The van der Waals surface area contributed by atoms with E-state index in [-0.39, 0.29) is 12.2 Å². The van der Waals surface area contributed by atoms with Crippen molar-refractivity contribution < 1.29 is 29.0 Å². The van der Waals surface area contributed by atoms with Gasteiger partial charge in [-0.3, -0.25) is 19.3 Å². The Morgan fingerprint density at radius 2 is 2.15 bits per heavy atom. The number of hydrogen-bond acceptors (Lipinski definition) is 10. The minimum Gasteiger partial charge on any atom is -0.477 e. The summed E-state index contributed by atoms with van der Waals surface area (Å²) in [4.78, 5) is 49.7. The topological polar surface area (TPSA) is 157 Å². The fraction of sp³-hybridized carbons (Fsp3) is 0.316. The summed E-state index contributed by atoms with van der Waals surface area (Å²) in [5, 5.41) is 23.4. The minimum absolute atomic E-state index is 0.0966. The molecule has 3 heterocycles. The number of carbonyl (C=O) groups excluding carboxylic acids is 3. The number of aliphatic carboxylic acids is 1. The Kier molecular flexibility index (Phi) is 6.65. The van der Waals surface area contributed by atoms with Gasteiger partial charge in [-0.05, 0) is 16.0 Å². The lowest BCUT2D eigenvalue weighted by Gasteiger charge is -2.49. The van der Waals surface area contributed by atoms with Gasteiger partial charge in [-0.2, -0.15) is 0 Å². The predicted molar refractivity (Wildman–Crippen MR) is 116 cm³/mol. The lowest BCUT2D eigenvalue weighted by atomic mass is 10.0. The van der Waals surface area contributed by atoms with Gasteiger partial charge in [0.25, 0.3) is 18.3 Å². The average Bonchev–Trinajstić information content (AvgIpc) is 3.23. The molecule has 1 aromatic carbocycles. The summed E-state index contributed by atoms with van der Waals surface area (Å²) < 4.78 is 6.40. The number of ether oxygens (including phenoxy) is 1. The second-order valence-electron chi connectivity index (χ2n) is 7.05. The van der Waals surface area contributed by atoms with Crippen molar-refractivity contribution >= 4 is 47.8 Å². The number of fused-ring (bicyclic) bond motifs is 1. The first-order chi connectivity index (χ1) is 15.9. The summed E-state index contributed by atoms with van der Waals surface area (Å²) in [6.07, 6.45) is -1.22. The third-order valence-corrected chi connectivity index (χ3v) is 7.47. The molecule has 3 atom stereocenters. The van der Waals surface area contributed by atoms with Crippen molar-refractivity contribution in [3.8, 4) is 0 Å². The number of aryl methyl sites for hydroxylation is 1. The Morgan fingerprint density at radius 1 is 1.39 bits per heavy atom. The van der Waals surface area contributed by atoms with Crippen LogP contribution in [0.3, 0.4) is 0 Å². The van der Waals surface area contributed by atoms with Crippen LogP contribution in [0.15, 0.2) is 46.8 Å². The number of amides is 2. The molecule has 1 fully saturated rings. The van der Waals surface area contributed by atoms with Crippen LogP contribution < -0.4 is 5.32 Å². The molecule has 172 valence electrons. The molecule has 0 unspecified atom stereocenters. The maximum atomic E-state index is 12.8. The lowest BCUT2D eigenvalue weighted by molar-refractivity contribution is -0.154. The number of carboxylic acids is 1. The number of nitrogens with zero attached hydrogens (tertiary/aromatic N) is 5. The van der Waals surface area contributed by atoms with E-state index < -0.39 is 35.3 Å². The Morgan fingerprint density at radius 3 is 2.79 bits per heavy atom. The summed E-state index contributed by atoms with van der Waals surface area (Å²) in [5.74, 6) is -1.79. The summed E-state index contributed by atoms with van der Waals surface area (Å²) in [6.45, 7) is 0.170. The molecule has 2 aliphatic rings. The van der Waals surface area contributed by atoms with Gasteiger partial charge >= 0.3 is 5.97 Å². The Balaban J connectivity index is 1.48. The minimum atomic E-state index is -1.23. The number of aromatic nitrogens is 4. The van der Waals surface area contributed by atoms with Gasteiger partial charge < -0.3 is 15.2 Å². The van der Waals surface area contributed by atoms with Crippen molar-refractivity contribution in [3.05, 3.63) is 47.2 Å². The lowest BCUT2D eigenvalue weighted by Crippen LogP contribution is -2.71. The molecule has 0 aliphatic carbocycles. The van der Waals surface area contributed by atoms with Crippen molar-refractivity contribution in [1.82, 2.24) is 30.4 Å². The molecule has 4 rings (SSSR count). The number of β-lactam (4-membered cyclic amide) rings is 1. The van der Waals surface area contributed by atoms with Crippen molar-refractivity contribution in [2.75, 3.05) is 11.5 Å². The third kappa shape index (κ3) is 4.43. The van der Waals surface area contributed by atoms with E-state index in [4.69, 9.17) is 4.74 Å². The SMILES string of the molecule is Cn1nnnc1SCC1=C(C(=O)O)N2C(=O)[C@@H](NC(=O)[C@H](OC=O)c3ccccc3)[C@@H]2SC1. The molecule has 1 aromatic heterocycles. The maximum Gasteiger partial charge on any atom is 0.352 e. The molecule has 1 saturated heterocycles. The number of nitrogens with one attached hydrogen (secondary N) is 1. The number of benzene rings is 1. The fourth-order valence-electron chi connectivity index (χ4n) is 3.49. The van der Waals surface area contributed by atoms with E-state index in [0.29, 0.717) is 27.8 Å². The predicted octanol–water partition coefficient (Wildman–Crippen LogP) is -0.0449. The van der Waals surface area contributed by atoms with Gasteiger partial charge in [0.05, 0.1) is 0 Å². The first-order valence-electron chi connectivity index (χ1n) is 9.62. The quantitative estimate of drug-likeness (QED) is 0.276. The molecule has 2 amide bonds. The molecule has 14 heteroatoms. The van der Waals surface area contributed by atoms with Crippen molar-refractivity contribution in [2.24, 2.45) is 7.05 Å². The number of tetrazole rings is 1. The van der Waals surface area contributed by atoms with Crippen molar-refractivity contribution in [1.29, 1.82) is 0 Å². The zero-order valence-electron chi connectivity index (χ0n) is 17.2. The Bertz CT molecular complexity index is 1120. The average molecular weight is 491 g/mol. The smallest absolute Gasteiger partial charge is 0.352 e. The van der Waals surface area contributed by atoms with Gasteiger partial charge in [-0.25, -0.2) is 9.48 Å². The summed E-state index contributed by atoms with van der Waals surface area (Å²) in [5.41, 5.74) is 0.910. The maximum absolute atomic E-state index is 12.8. The highest BCUT2D eigenvalue weighted by atomic mass is 32.2. The van der Waals surface area contributed by atoms with Gasteiger partial charge in [0, 0.05) is 24.1 Å². The van der Waals surface area contributed by atoms with Crippen molar-refractivity contribution in [3.63, 3.8) is 0 Å². The first-order valence-corrected chi connectivity index (χ1v) is 11.7. The summed E-state index contributed by atoms with van der Waals surface area (Å²) >= 11 is 2.61. The Labute approximate surface area is 195 Å². The number of carbonyl (C=O) groups is 4. The monoisotopic (exact) mass is 490 g/mol. The van der Waals surface area contributed by atoms with E-state index >= 15 is 0 Å². The third-order valence-electron chi connectivity index (χ3n) is 5.04. The first kappa shape index (κ1) is 22.8. The molecular weight excluding hydrogens is 472 g/mol. The molecule has 0 spiro atoms. The van der Waals surface area contributed by atoms with E-state index in [1.54, 1.807) is 37.4 Å². The van der Waals surface area contributed by atoms with Crippen LogP contribution in [0, 0.1) is 0 Å². The number of rotatable bonds is 9. The number of thioether (sulfide) groups is 2. The molecule has 2 aromatic rings. The highest BCUT2D eigenvalue weighted by Crippen LogP contribution is 2.41.